The van der Waals surface area contributed by atoms with Crippen LogP contribution in [0.15, 0.2) is 24.3 Å². The smallest absolute Gasteiger partial charge is 0.220 e. The maximum Gasteiger partial charge on any atom is 0.220 e. The Balaban J connectivity index is 0.00000182. The Morgan fingerprint density at radius 1 is 1.11 bits per heavy atom. The first kappa shape index (κ1) is 24.2. The Kier molecular flexibility index (Phi) is 11.3. The molecule has 4 nitrogen and oxygen atoms in total. The molecule has 0 bridgehead atoms. The largest absolute Gasteiger partial charge is 0.352 e. The van der Waals surface area contributed by atoms with Crippen LogP contribution in [-0.2, 0) is 17.9 Å². The summed E-state index contributed by atoms with van der Waals surface area (Å²) in [4.78, 5) is 14.5. The zero-order chi connectivity index (χ0) is 17.5. The van der Waals surface area contributed by atoms with E-state index in [2.05, 4.69) is 46.7 Å². The molecule has 3 rings (SSSR count). The lowest BCUT2D eigenvalue weighted by Gasteiger charge is -2.30. The van der Waals surface area contributed by atoms with Crippen molar-refractivity contribution in [2.24, 2.45) is 11.8 Å². The van der Waals surface area contributed by atoms with Crippen LogP contribution in [-0.4, -0.2) is 37.0 Å². The van der Waals surface area contributed by atoms with Gasteiger partial charge in [0, 0.05) is 19.5 Å². The maximum atomic E-state index is 12.0. The van der Waals surface area contributed by atoms with Crippen LogP contribution in [0.4, 0.5) is 0 Å². The van der Waals surface area contributed by atoms with Crippen molar-refractivity contribution < 1.29 is 4.79 Å². The number of nitrogens with one attached hydrogen (secondary N) is 2. The van der Waals surface area contributed by atoms with Crippen LogP contribution in [0.2, 0.25) is 0 Å². The van der Waals surface area contributed by atoms with Gasteiger partial charge in [0.15, 0.2) is 0 Å². The van der Waals surface area contributed by atoms with Crippen molar-refractivity contribution in [3.05, 3.63) is 35.4 Å². The van der Waals surface area contributed by atoms with Crippen LogP contribution >= 0.6 is 24.8 Å². The predicted molar refractivity (Wildman–Crippen MR) is 117 cm³/mol. The van der Waals surface area contributed by atoms with E-state index in [1.807, 2.05) is 0 Å². The van der Waals surface area contributed by atoms with Crippen LogP contribution in [0.1, 0.15) is 50.2 Å². The number of amides is 1. The first-order chi connectivity index (χ1) is 12.2. The summed E-state index contributed by atoms with van der Waals surface area (Å²) in [7, 11) is 0. The van der Waals surface area contributed by atoms with Crippen molar-refractivity contribution in [1.82, 2.24) is 15.5 Å². The number of benzene rings is 1. The van der Waals surface area contributed by atoms with E-state index in [1.165, 1.54) is 43.5 Å². The second-order valence-electron chi connectivity index (χ2n) is 7.95. The van der Waals surface area contributed by atoms with Crippen molar-refractivity contribution >= 4 is 30.7 Å². The molecule has 2 heterocycles. The van der Waals surface area contributed by atoms with Gasteiger partial charge in [0.05, 0.1) is 0 Å². The zero-order valence-electron chi connectivity index (χ0n) is 16.4. The third kappa shape index (κ3) is 8.39. The second-order valence-corrected chi connectivity index (χ2v) is 7.95. The number of piperidine rings is 1. The monoisotopic (exact) mass is 415 g/mol. The molecule has 0 radical (unpaired) electrons. The number of likely N-dealkylation sites (tertiary alicyclic amines) is 1. The van der Waals surface area contributed by atoms with Gasteiger partial charge in [-0.05, 0) is 74.8 Å². The lowest BCUT2D eigenvalue weighted by molar-refractivity contribution is -0.121. The number of hydrogen-bond donors (Lipinski definition) is 2. The van der Waals surface area contributed by atoms with E-state index in [4.69, 9.17) is 0 Å². The fourth-order valence-corrected chi connectivity index (χ4v) is 3.83. The summed E-state index contributed by atoms with van der Waals surface area (Å²) in [5.74, 6) is 1.74. The molecule has 27 heavy (non-hydrogen) atoms. The van der Waals surface area contributed by atoms with E-state index in [0.29, 0.717) is 18.9 Å². The fourth-order valence-electron chi connectivity index (χ4n) is 3.83. The van der Waals surface area contributed by atoms with Crippen molar-refractivity contribution in [3.8, 4) is 0 Å². The summed E-state index contributed by atoms with van der Waals surface area (Å²) in [6.07, 6.45) is 5.51. The SMILES string of the molecule is CC1CCN(Cc2ccc(CNC(=O)CCC3CCNC3)cc2)CC1.Cl.Cl. The topological polar surface area (TPSA) is 44.4 Å². The molecular weight excluding hydrogens is 381 g/mol. The lowest BCUT2D eigenvalue weighted by Crippen LogP contribution is -2.32. The molecule has 154 valence electrons. The highest BCUT2D eigenvalue weighted by molar-refractivity contribution is 5.85. The number of halogens is 2. The molecule has 2 N–H and O–H groups in total. The van der Waals surface area contributed by atoms with Gasteiger partial charge in [0.25, 0.3) is 0 Å². The number of hydrogen-bond acceptors (Lipinski definition) is 3. The molecule has 1 aromatic carbocycles. The van der Waals surface area contributed by atoms with Gasteiger partial charge in [-0.2, -0.15) is 0 Å². The van der Waals surface area contributed by atoms with Crippen molar-refractivity contribution in [2.45, 2.75) is 52.1 Å². The molecule has 0 aliphatic carbocycles. The van der Waals surface area contributed by atoms with Crippen LogP contribution in [0.5, 0.6) is 0 Å². The van der Waals surface area contributed by atoms with Crippen LogP contribution in [0.3, 0.4) is 0 Å². The summed E-state index contributed by atoms with van der Waals surface area (Å²) in [6.45, 7) is 8.66. The van der Waals surface area contributed by atoms with Crippen molar-refractivity contribution in [3.63, 3.8) is 0 Å². The summed E-state index contributed by atoms with van der Waals surface area (Å²) >= 11 is 0. The number of rotatable bonds is 7. The minimum absolute atomic E-state index is 0. The molecule has 1 aromatic rings. The predicted octanol–water partition coefficient (Wildman–Crippen LogP) is 3.77. The quantitative estimate of drug-likeness (QED) is 0.711. The van der Waals surface area contributed by atoms with E-state index < -0.39 is 0 Å². The minimum atomic E-state index is 0. The Morgan fingerprint density at radius 2 is 1.78 bits per heavy atom. The van der Waals surface area contributed by atoms with Gasteiger partial charge < -0.3 is 10.6 Å². The molecule has 1 amide bonds. The zero-order valence-corrected chi connectivity index (χ0v) is 18.0. The van der Waals surface area contributed by atoms with E-state index in [-0.39, 0.29) is 30.7 Å². The van der Waals surface area contributed by atoms with Crippen LogP contribution in [0.25, 0.3) is 0 Å². The van der Waals surface area contributed by atoms with Crippen molar-refractivity contribution in [1.29, 1.82) is 0 Å². The molecule has 1 atom stereocenters. The normalized spacial score (nSPS) is 20.6. The number of nitrogens with zero attached hydrogens (tertiary/aromatic N) is 1. The van der Waals surface area contributed by atoms with Gasteiger partial charge >= 0.3 is 0 Å². The lowest BCUT2D eigenvalue weighted by atomic mass is 9.99. The summed E-state index contributed by atoms with van der Waals surface area (Å²) < 4.78 is 0. The van der Waals surface area contributed by atoms with E-state index in [1.54, 1.807) is 0 Å². The Labute approximate surface area is 176 Å². The molecule has 0 spiro atoms. The van der Waals surface area contributed by atoms with Gasteiger partial charge in [-0.3, -0.25) is 9.69 Å². The highest BCUT2D eigenvalue weighted by Gasteiger charge is 2.16. The van der Waals surface area contributed by atoms with E-state index in [0.717, 1.165) is 32.0 Å². The molecular formula is C21H35Cl2N3O. The Hall–Kier alpha value is -0.810. The minimum Gasteiger partial charge on any atom is -0.352 e. The standard InChI is InChI=1S/C21H33N3O.2ClH/c1-17-9-12-24(13-10-17)16-20-4-2-18(3-5-20)15-23-21(25)7-6-19-8-11-22-14-19;;/h2-5,17,19,22H,6-16H2,1H3,(H,23,25);2*1H. The van der Waals surface area contributed by atoms with E-state index in [9.17, 15) is 4.79 Å². The third-order valence-electron chi connectivity index (χ3n) is 5.74. The van der Waals surface area contributed by atoms with Gasteiger partial charge in [0.1, 0.15) is 0 Å². The Bertz CT molecular complexity index is 539. The highest BCUT2D eigenvalue weighted by atomic mass is 35.5. The molecule has 2 aliphatic rings. The highest BCUT2D eigenvalue weighted by Crippen LogP contribution is 2.18. The van der Waals surface area contributed by atoms with Gasteiger partial charge in [-0.15, -0.1) is 24.8 Å². The van der Waals surface area contributed by atoms with Crippen molar-refractivity contribution in [2.75, 3.05) is 26.2 Å². The maximum absolute atomic E-state index is 12.0. The molecule has 2 fully saturated rings. The first-order valence-corrected chi connectivity index (χ1v) is 9.96. The summed E-state index contributed by atoms with van der Waals surface area (Å²) in [5.41, 5.74) is 2.56. The number of carbonyl (C=O) groups excluding carboxylic acids is 1. The van der Waals surface area contributed by atoms with Crippen LogP contribution in [0, 0.1) is 11.8 Å². The fraction of sp³-hybridized carbons (Fsp3) is 0.667. The second kappa shape index (κ2) is 12.6. The summed E-state index contributed by atoms with van der Waals surface area (Å²) in [5, 5.41) is 6.41. The molecule has 1 unspecified atom stereocenters. The molecule has 2 saturated heterocycles. The molecule has 0 saturated carbocycles. The molecule has 6 heteroatoms. The summed E-state index contributed by atoms with van der Waals surface area (Å²) in [6, 6.07) is 8.74. The first-order valence-electron chi connectivity index (χ1n) is 9.96. The average Bonchev–Trinajstić information content (AvgIpc) is 3.15. The van der Waals surface area contributed by atoms with Crippen LogP contribution < -0.4 is 10.6 Å². The van der Waals surface area contributed by atoms with Gasteiger partial charge in [-0.25, -0.2) is 0 Å². The average molecular weight is 416 g/mol. The van der Waals surface area contributed by atoms with E-state index >= 15 is 0 Å². The number of carbonyl (C=O) groups is 1. The van der Waals surface area contributed by atoms with Gasteiger partial charge in [-0.1, -0.05) is 31.2 Å². The Morgan fingerprint density at radius 3 is 2.41 bits per heavy atom. The van der Waals surface area contributed by atoms with Gasteiger partial charge in [0.2, 0.25) is 5.91 Å². The third-order valence-corrected chi connectivity index (χ3v) is 5.74. The molecule has 0 aromatic heterocycles. The molecule has 2 aliphatic heterocycles.